The molecule has 0 saturated heterocycles. The van der Waals surface area contributed by atoms with Crippen LogP contribution in [0.1, 0.15) is 22.8 Å². The van der Waals surface area contributed by atoms with Crippen LogP contribution in [0.25, 0.3) is 0 Å². The molecule has 0 aromatic heterocycles. The summed E-state index contributed by atoms with van der Waals surface area (Å²) in [6.45, 7) is 1.93. The number of aliphatic hydroxyl groups is 2. The second-order valence-corrected chi connectivity index (χ2v) is 4.79. The van der Waals surface area contributed by atoms with Crippen molar-refractivity contribution in [3.8, 4) is 0 Å². The van der Waals surface area contributed by atoms with Crippen LogP contribution in [0.15, 0.2) is 24.3 Å². The molecule has 2 rings (SSSR count). The average molecular weight is 235 g/mol. The summed E-state index contributed by atoms with van der Waals surface area (Å²) in [6.07, 6.45) is 0.795. The van der Waals surface area contributed by atoms with E-state index < -0.39 is 5.60 Å². The zero-order chi connectivity index (χ0) is 12.5. The molecule has 4 heteroatoms. The Morgan fingerprint density at radius 2 is 2.12 bits per heavy atom. The number of benzene rings is 1. The zero-order valence-corrected chi connectivity index (χ0v) is 9.89. The van der Waals surface area contributed by atoms with Gasteiger partial charge in [0.2, 0.25) is 0 Å². The van der Waals surface area contributed by atoms with Gasteiger partial charge in [-0.3, -0.25) is 4.79 Å². The second kappa shape index (κ2) is 4.47. The quantitative estimate of drug-likeness (QED) is 0.798. The summed E-state index contributed by atoms with van der Waals surface area (Å²) in [7, 11) is 0. The van der Waals surface area contributed by atoms with E-state index in [2.05, 4.69) is 0 Å². The van der Waals surface area contributed by atoms with Crippen LogP contribution >= 0.6 is 0 Å². The van der Waals surface area contributed by atoms with Crippen LogP contribution in [0.4, 0.5) is 0 Å². The summed E-state index contributed by atoms with van der Waals surface area (Å²) < 4.78 is 0. The Kier molecular flexibility index (Phi) is 3.17. The van der Waals surface area contributed by atoms with Gasteiger partial charge in [0, 0.05) is 12.1 Å². The second-order valence-electron chi connectivity index (χ2n) is 4.79. The number of fused-ring (bicyclic) bond motifs is 1. The van der Waals surface area contributed by atoms with E-state index in [0.29, 0.717) is 12.1 Å². The third kappa shape index (κ3) is 2.48. The van der Waals surface area contributed by atoms with Crippen LogP contribution in [0, 0.1) is 0 Å². The number of rotatable bonds is 3. The molecule has 0 bridgehead atoms. The third-order valence-corrected chi connectivity index (χ3v) is 3.06. The molecule has 4 nitrogen and oxygen atoms in total. The van der Waals surface area contributed by atoms with E-state index in [-0.39, 0.29) is 19.1 Å². The highest BCUT2D eigenvalue weighted by Crippen LogP contribution is 2.20. The van der Waals surface area contributed by atoms with Crippen molar-refractivity contribution in [1.82, 2.24) is 4.90 Å². The molecule has 1 aromatic rings. The lowest BCUT2D eigenvalue weighted by atomic mass is 9.97. The van der Waals surface area contributed by atoms with Crippen LogP contribution in [-0.2, 0) is 6.42 Å². The van der Waals surface area contributed by atoms with E-state index in [1.165, 1.54) is 6.92 Å². The fourth-order valence-electron chi connectivity index (χ4n) is 2.09. The van der Waals surface area contributed by atoms with Crippen LogP contribution in [0.5, 0.6) is 0 Å². The van der Waals surface area contributed by atoms with Gasteiger partial charge in [0.25, 0.3) is 5.91 Å². The van der Waals surface area contributed by atoms with E-state index in [4.69, 9.17) is 5.11 Å². The number of amides is 1. The first-order valence-corrected chi connectivity index (χ1v) is 5.74. The van der Waals surface area contributed by atoms with E-state index in [9.17, 15) is 9.90 Å². The molecule has 1 heterocycles. The minimum absolute atomic E-state index is 0.0689. The van der Waals surface area contributed by atoms with Crippen molar-refractivity contribution in [3.05, 3.63) is 35.4 Å². The van der Waals surface area contributed by atoms with E-state index in [0.717, 1.165) is 12.0 Å². The molecule has 92 valence electrons. The molecule has 1 amide bonds. The highest BCUT2D eigenvalue weighted by Gasteiger charge is 2.30. The maximum atomic E-state index is 12.1. The van der Waals surface area contributed by atoms with Gasteiger partial charge in [-0.25, -0.2) is 0 Å². The molecule has 1 aliphatic rings. The summed E-state index contributed by atoms with van der Waals surface area (Å²) in [6, 6.07) is 7.52. The van der Waals surface area contributed by atoms with Gasteiger partial charge in [-0.15, -0.1) is 0 Å². The average Bonchev–Trinajstić information content (AvgIpc) is 2.33. The fraction of sp³-hybridized carbons (Fsp3) is 0.462. The number of nitrogens with zero attached hydrogens (tertiary/aromatic N) is 1. The van der Waals surface area contributed by atoms with Gasteiger partial charge >= 0.3 is 0 Å². The Labute approximate surface area is 100 Å². The summed E-state index contributed by atoms with van der Waals surface area (Å²) in [5, 5.41) is 18.8. The fourth-order valence-corrected chi connectivity index (χ4v) is 2.09. The lowest BCUT2D eigenvalue weighted by molar-refractivity contribution is -0.0223. The minimum Gasteiger partial charge on any atom is -0.393 e. The monoisotopic (exact) mass is 235 g/mol. The van der Waals surface area contributed by atoms with E-state index >= 15 is 0 Å². The largest absolute Gasteiger partial charge is 0.393 e. The van der Waals surface area contributed by atoms with Crippen molar-refractivity contribution in [2.75, 3.05) is 19.7 Å². The Balaban J connectivity index is 2.18. The molecule has 1 unspecified atom stereocenters. The first-order valence-electron chi connectivity index (χ1n) is 5.74. The zero-order valence-electron chi connectivity index (χ0n) is 9.89. The Morgan fingerprint density at radius 3 is 2.82 bits per heavy atom. The normalized spacial score (nSPS) is 18.8. The van der Waals surface area contributed by atoms with Gasteiger partial charge in [0.05, 0.1) is 13.2 Å². The standard InChI is InChI=1S/C13H17NO3/c1-13(17,9-15)8-14-7-6-10-4-2-3-5-11(10)12(14)16/h2-5,15,17H,6-9H2,1H3. The molecule has 0 fully saturated rings. The number of β-amino-alcohol motifs (C(OH)–C–C–N with tert-alkyl or cyclic N) is 1. The molecular formula is C13H17NO3. The lowest BCUT2D eigenvalue weighted by Crippen LogP contribution is -2.48. The van der Waals surface area contributed by atoms with E-state index in [1.807, 2.05) is 18.2 Å². The Bertz CT molecular complexity index is 428. The Morgan fingerprint density at radius 1 is 1.41 bits per heavy atom. The molecule has 0 saturated carbocycles. The van der Waals surface area contributed by atoms with Gasteiger partial charge in [-0.1, -0.05) is 18.2 Å². The summed E-state index contributed by atoms with van der Waals surface area (Å²) >= 11 is 0. The Hall–Kier alpha value is -1.39. The third-order valence-electron chi connectivity index (χ3n) is 3.06. The number of hydrogen-bond acceptors (Lipinski definition) is 3. The number of hydrogen-bond donors (Lipinski definition) is 2. The van der Waals surface area contributed by atoms with Crippen molar-refractivity contribution < 1.29 is 15.0 Å². The number of carbonyl (C=O) groups excluding carboxylic acids is 1. The molecule has 0 spiro atoms. The summed E-state index contributed by atoms with van der Waals surface area (Å²) in [5.74, 6) is -0.0689. The minimum atomic E-state index is -1.23. The van der Waals surface area contributed by atoms with E-state index in [1.54, 1.807) is 11.0 Å². The van der Waals surface area contributed by atoms with Crippen LogP contribution in [0.3, 0.4) is 0 Å². The molecule has 17 heavy (non-hydrogen) atoms. The van der Waals surface area contributed by atoms with Gasteiger partial charge < -0.3 is 15.1 Å². The predicted molar refractivity (Wildman–Crippen MR) is 63.8 cm³/mol. The van der Waals surface area contributed by atoms with Gasteiger partial charge in [0.15, 0.2) is 0 Å². The molecule has 1 aromatic carbocycles. The summed E-state index contributed by atoms with van der Waals surface area (Å²) in [4.78, 5) is 13.7. The van der Waals surface area contributed by atoms with Gasteiger partial charge in [-0.2, -0.15) is 0 Å². The predicted octanol–water partition coefficient (Wildman–Crippen LogP) is 0.428. The molecular weight excluding hydrogens is 218 g/mol. The molecule has 2 N–H and O–H groups in total. The van der Waals surface area contributed by atoms with Crippen molar-refractivity contribution in [1.29, 1.82) is 0 Å². The highest BCUT2D eigenvalue weighted by molar-refractivity contribution is 5.96. The highest BCUT2D eigenvalue weighted by atomic mass is 16.3. The smallest absolute Gasteiger partial charge is 0.254 e. The topological polar surface area (TPSA) is 60.8 Å². The SMILES string of the molecule is CC(O)(CO)CN1CCc2ccccc2C1=O. The first kappa shape index (κ1) is 12.1. The van der Waals surface area contributed by atoms with Gasteiger partial charge in [-0.05, 0) is 25.0 Å². The number of aliphatic hydroxyl groups excluding tert-OH is 1. The van der Waals surface area contributed by atoms with Crippen molar-refractivity contribution in [2.24, 2.45) is 0 Å². The maximum absolute atomic E-state index is 12.1. The van der Waals surface area contributed by atoms with Crippen LogP contribution < -0.4 is 0 Å². The van der Waals surface area contributed by atoms with Crippen molar-refractivity contribution in [3.63, 3.8) is 0 Å². The molecule has 0 radical (unpaired) electrons. The summed E-state index contributed by atoms with van der Waals surface area (Å²) in [5.41, 5.74) is 0.520. The molecule has 0 aliphatic carbocycles. The first-order chi connectivity index (χ1) is 8.03. The van der Waals surface area contributed by atoms with Crippen molar-refractivity contribution in [2.45, 2.75) is 18.9 Å². The lowest BCUT2D eigenvalue weighted by Gasteiger charge is -2.33. The van der Waals surface area contributed by atoms with Crippen LogP contribution in [-0.4, -0.2) is 46.3 Å². The maximum Gasteiger partial charge on any atom is 0.254 e. The van der Waals surface area contributed by atoms with Crippen LogP contribution in [0.2, 0.25) is 0 Å². The molecule has 1 atom stereocenters. The molecule has 1 aliphatic heterocycles. The van der Waals surface area contributed by atoms with Gasteiger partial charge in [0.1, 0.15) is 5.60 Å². The van der Waals surface area contributed by atoms with Crippen molar-refractivity contribution >= 4 is 5.91 Å². The number of carbonyl (C=O) groups is 1.